The lowest BCUT2D eigenvalue weighted by Crippen LogP contribution is -2.39. The fraction of sp³-hybridized carbons (Fsp3) is 0.571. The number of piperidine rings is 1. The van der Waals surface area contributed by atoms with Gasteiger partial charge in [0.2, 0.25) is 0 Å². The predicted octanol–water partition coefficient (Wildman–Crippen LogP) is 3.54. The van der Waals surface area contributed by atoms with Gasteiger partial charge >= 0.3 is 0 Å². The molecular weight excluding hydrogens is 232 g/mol. The minimum Gasteiger partial charge on any atom is -0.398 e. The number of anilines is 1. The standard InChI is InChI=1S/C14H21ClN2/c1-14(2)6-3-7-17(10-14)9-11-8-12(15)4-5-13(11)16/h4-5,8H,3,6-7,9-10,16H2,1-2H3. The third-order valence-electron chi connectivity index (χ3n) is 3.48. The largest absolute Gasteiger partial charge is 0.398 e. The molecule has 2 rings (SSSR count). The Kier molecular flexibility index (Phi) is 3.64. The summed E-state index contributed by atoms with van der Waals surface area (Å²) in [4.78, 5) is 2.48. The third kappa shape index (κ3) is 3.36. The second-order valence-electron chi connectivity index (χ2n) is 5.82. The Morgan fingerprint density at radius 3 is 2.88 bits per heavy atom. The van der Waals surface area contributed by atoms with E-state index in [1.165, 1.54) is 12.8 Å². The van der Waals surface area contributed by atoms with Crippen LogP contribution in [0.1, 0.15) is 32.3 Å². The molecule has 1 saturated heterocycles. The van der Waals surface area contributed by atoms with Crippen LogP contribution in [0.25, 0.3) is 0 Å². The van der Waals surface area contributed by atoms with Crippen LogP contribution >= 0.6 is 11.6 Å². The van der Waals surface area contributed by atoms with Crippen molar-refractivity contribution in [3.63, 3.8) is 0 Å². The maximum absolute atomic E-state index is 6.02. The van der Waals surface area contributed by atoms with Gasteiger partial charge in [-0.3, -0.25) is 4.90 Å². The first kappa shape index (κ1) is 12.7. The van der Waals surface area contributed by atoms with Crippen LogP contribution in [0.4, 0.5) is 5.69 Å². The topological polar surface area (TPSA) is 29.3 Å². The van der Waals surface area contributed by atoms with Gasteiger partial charge in [0.1, 0.15) is 0 Å². The van der Waals surface area contributed by atoms with E-state index in [2.05, 4.69) is 18.7 Å². The molecule has 0 radical (unpaired) electrons. The quantitative estimate of drug-likeness (QED) is 0.816. The van der Waals surface area contributed by atoms with E-state index in [1.807, 2.05) is 18.2 Å². The molecule has 3 heteroatoms. The van der Waals surface area contributed by atoms with Crippen LogP contribution in [0.15, 0.2) is 18.2 Å². The third-order valence-corrected chi connectivity index (χ3v) is 3.71. The van der Waals surface area contributed by atoms with Gasteiger partial charge in [-0.15, -0.1) is 0 Å². The Morgan fingerprint density at radius 2 is 2.18 bits per heavy atom. The van der Waals surface area contributed by atoms with Gasteiger partial charge in [0.25, 0.3) is 0 Å². The zero-order chi connectivity index (χ0) is 12.5. The number of hydrogen-bond donors (Lipinski definition) is 1. The summed E-state index contributed by atoms with van der Waals surface area (Å²) >= 11 is 6.02. The second-order valence-corrected chi connectivity index (χ2v) is 6.26. The zero-order valence-electron chi connectivity index (χ0n) is 10.7. The van der Waals surface area contributed by atoms with Crippen LogP contribution in [-0.4, -0.2) is 18.0 Å². The molecule has 1 aliphatic heterocycles. The first-order chi connectivity index (χ1) is 7.96. The fourth-order valence-corrected chi connectivity index (χ4v) is 2.83. The molecule has 0 saturated carbocycles. The Labute approximate surface area is 109 Å². The number of rotatable bonds is 2. The molecule has 0 atom stereocenters. The molecule has 0 aromatic heterocycles. The average Bonchev–Trinajstić information content (AvgIpc) is 2.22. The molecule has 0 aliphatic carbocycles. The van der Waals surface area contributed by atoms with Crippen molar-refractivity contribution in [3.8, 4) is 0 Å². The number of nitrogen functional groups attached to an aromatic ring is 1. The molecule has 1 fully saturated rings. The second kappa shape index (κ2) is 4.87. The van der Waals surface area contributed by atoms with Crippen molar-refractivity contribution in [2.75, 3.05) is 18.8 Å². The van der Waals surface area contributed by atoms with Crippen molar-refractivity contribution in [3.05, 3.63) is 28.8 Å². The SMILES string of the molecule is CC1(C)CCCN(Cc2cc(Cl)ccc2N)C1. The Hall–Kier alpha value is -0.730. The van der Waals surface area contributed by atoms with Gasteiger partial charge in [-0.25, -0.2) is 0 Å². The highest BCUT2D eigenvalue weighted by molar-refractivity contribution is 6.30. The van der Waals surface area contributed by atoms with Crippen LogP contribution in [0.5, 0.6) is 0 Å². The monoisotopic (exact) mass is 252 g/mol. The van der Waals surface area contributed by atoms with Crippen molar-refractivity contribution in [2.45, 2.75) is 33.2 Å². The number of halogens is 1. The van der Waals surface area contributed by atoms with Gasteiger partial charge in [-0.1, -0.05) is 25.4 Å². The maximum atomic E-state index is 6.02. The number of hydrogen-bond acceptors (Lipinski definition) is 2. The van der Waals surface area contributed by atoms with Crippen molar-refractivity contribution in [1.29, 1.82) is 0 Å². The van der Waals surface area contributed by atoms with Crippen molar-refractivity contribution in [2.24, 2.45) is 5.41 Å². The highest BCUT2D eigenvalue weighted by Crippen LogP contribution is 2.30. The fourth-order valence-electron chi connectivity index (χ4n) is 2.63. The molecule has 0 amide bonds. The normalized spacial score (nSPS) is 20.4. The minimum absolute atomic E-state index is 0.422. The summed E-state index contributed by atoms with van der Waals surface area (Å²) in [6, 6.07) is 5.73. The number of likely N-dealkylation sites (tertiary alicyclic amines) is 1. The lowest BCUT2D eigenvalue weighted by molar-refractivity contribution is 0.112. The smallest absolute Gasteiger partial charge is 0.0410 e. The highest BCUT2D eigenvalue weighted by atomic mass is 35.5. The predicted molar refractivity (Wildman–Crippen MR) is 74.2 cm³/mol. The van der Waals surface area contributed by atoms with Gasteiger partial charge in [0.05, 0.1) is 0 Å². The molecule has 17 heavy (non-hydrogen) atoms. The van der Waals surface area contributed by atoms with Gasteiger partial charge in [-0.2, -0.15) is 0 Å². The molecule has 0 unspecified atom stereocenters. The molecular formula is C14H21ClN2. The molecule has 1 aromatic rings. The van der Waals surface area contributed by atoms with E-state index in [0.717, 1.165) is 35.9 Å². The Morgan fingerprint density at radius 1 is 1.41 bits per heavy atom. The summed E-state index contributed by atoms with van der Waals surface area (Å²) in [5.74, 6) is 0. The Balaban J connectivity index is 2.07. The van der Waals surface area contributed by atoms with E-state index in [-0.39, 0.29) is 0 Å². The van der Waals surface area contributed by atoms with Crippen molar-refractivity contribution >= 4 is 17.3 Å². The molecule has 1 heterocycles. The van der Waals surface area contributed by atoms with Crippen molar-refractivity contribution in [1.82, 2.24) is 4.90 Å². The molecule has 2 N–H and O–H groups in total. The summed E-state index contributed by atoms with van der Waals surface area (Å²) in [5.41, 5.74) is 8.40. The van der Waals surface area contributed by atoms with E-state index in [0.29, 0.717) is 5.41 Å². The van der Waals surface area contributed by atoms with Gasteiger partial charge < -0.3 is 5.73 Å². The first-order valence-electron chi connectivity index (χ1n) is 6.23. The number of nitrogens with zero attached hydrogens (tertiary/aromatic N) is 1. The van der Waals surface area contributed by atoms with E-state index < -0.39 is 0 Å². The van der Waals surface area contributed by atoms with Crippen LogP contribution in [0, 0.1) is 5.41 Å². The molecule has 1 aliphatic rings. The summed E-state index contributed by atoms with van der Waals surface area (Å²) < 4.78 is 0. The van der Waals surface area contributed by atoms with Crippen LogP contribution < -0.4 is 5.73 Å². The lowest BCUT2D eigenvalue weighted by atomic mass is 9.84. The van der Waals surface area contributed by atoms with Gasteiger partial charge in [0.15, 0.2) is 0 Å². The summed E-state index contributed by atoms with van der Waals surface area (Å²) in [5, 5.41) is 0.769. The van der Waals surface area contributed by atoms with E-state index >= 15 is 0 Å². The summed E-state index contributed by atoms with van der Waals surface area (Å²) in [6.07, 6.45) is 2.59. The maximum Gasteiger partial charge on any atom is 0.0410 e. The highest BCUT2D eigenvalue weighted by Gasteiger charge is 2.26. The molecule has 2 nitrogen and oxygen atoms in total. The minimum atomic E-state index is 0.422. The number of nitrogens with two attached hydrogens (primary N) is 1. The zero-order valence-corrected chi connectivity index (χ0v) is 11.4. The van der Waals surface area contributed by atoms with Gasteiger partial charge in [-0.05, 0) is 48.6 Å². The molecule has 0 bridgehead atoms. The number of benzene rings is 1. The first-order valence-corrected chi connectivity index (χ1v) is 6.60. The molecule has 1 aromatic carbocycles. The average molecular weight is 253 g/mol. The molecule has 0 spiro atoms. The van der Waals surface area contributed by atoms with E-state index in [9.17, 15) is 0 Å². The van der Waals surface area contributed by atoms with E-state index in [4.69, 9.17) is 17.3 Å². The van der Waals surface area contributed by atoms with E-state index in [1.54, 1.807) is 0 Å². The Bertz CT molecular complexity index is 401. The van der Waals surface area contributed by atoms with Gasteiger partial charge in [0, 0.05) is 23.8 Å². The van der Waals surface area contributed by atoms with Crippen LogP contribution in [-0.2, 0) is 6.54 Å². The summed E-state index contributed by atoms with van der Waals surface area (Å²) in [7, 11) is 0. The van der Waals surface area contributed by atoms with Crippen LogP contribution in [0.2, 0.25) is 5.02 Å². The lowest BCUT2D eigenvalue weighted by Gasteiger charge is -2.38. The van der Waals surface area contributed by atoms with Crippen molar-refractivity contribution < 1.29 is 0 Å². The molecule has 94 valence electrons. The summed E-state index contributed by atoms with van der Waals surface area (Å²) in [6.45, 7) is 7.88. The van der Waals surface area contributed by atoms with Crippen LogP contribution in [0.3, 0.4) is 0 Å².